The topological polar surface area (TPSA) is 64.3 Å². The van der Waals surface area contributed by atoms with Crippen LogP contribution in [-0.4, -0.2) is 31.2 Å². The van der Waals surface area contributed by atoms with Gasteiger partial charge in [0.05, 0.1) is 5.60 Å². The molecule has 0 aliphatic heterocycles. The van der Waals surface area contributed by atoms with Gasteiger partial charge in [0.2, 0.25) is 5.91 Å². The first kappa shape index (κ1) is 15.4. The minimum atomic E-state index is -0.214. The molecule has 0 aliphatic carbocycles. The van der Waals surface area contributed by atoms with E-state index in [4.69, 9.17) is 10.5 Å². The molecule has 16 heavy (non-hydrogen) atoms. The Hall–Kier alpha value is -0.610. The van der Waals surface area contributed by atoms with E-state index in [1.807, 2.05) is 0 Å². The molecule has 0 saturated carbocycles. The van der Waals surface area contributed by atoms with Crippen molar-refractivity contribution in [3.05, 3.63) is 0 Å². The van der Waals surface area contributed by atoms with Crippen molar-refractivity contribution in [2.75, 3.05) is 13.7 Å². The summed E-state index contributed by atoms with van der Waals surface area (Å²) in [4.78, 5) is 10.5. The molecule has 0 aromatic heterocycles. The Morgan fingerprint density at radius 3 is 2.56 bits per heavy atom. The number of carbonyl (C=O) groups excluding carboxylic acids is 1. The van der Waals surface area contributed by atoms with E-state index in [0.29, 0.717) is 12.5 Å². The second kappa shape index (κ2) is 7.63. The lowest BCUT2D eigenvalue weighted by molar-refractivity contribution is -0.118. The summed E-state index contributed by atoms with van der Waals surface area (Å²) in [7, 11) is 1.74. The lowest BCUT2D eigenvalue weighted by Gasteiger charge is -2.27. The SMILES string of the molecule is COC(C)(C)CC(C)NCCCCC(N)=O. The van der Waals surface area contributed by atoms with Crippen molar-refractivity contribution in [1.29, 1.82) is 0 Å². The highest BCUT2D eigenvalue weighted by atomic mass is 16.5. The first-order chi connectivity index (χ1) is 7.37. The van der Waals surface area contributed by atoms with Gasteiger partial charge in [0.25, 0.3) is 0 Å². The van der Waals surface area contributed by atoms with E-state index in [2.05, 4.69) is 26.1 Å². The van der Waals surface area contributed by atoms with Crippen LogP contribution in [0, 0.1) is 0 Å². The molecule has 0 aromatic rings. The van der Waals surface area contributed by atoms with Crippen LogP contribution in [0.15, 0.2) is 0 Å². The number of nitrogens with two attached hydrogens (primary N) is 1. The van der Waals surface area contributed by atoms with Crippen LogP contribution in [0.25, 0.3) is 0 Å². The molecule has 1 amide bonds. The summed E-state index contributed by atoms with van der Waals surface area (Å²) in [5, 5.41) is 3.41. The van der Waals surface area contributed by atoms with Crippen LogP contribution in [0.1, 0.15) is 46.5 Å². The summed E-state index contributed by atoms with van der Waals surface area (Å²) in [6, 6.07) is 0.420. The Balaban J connectivity index is 3.51. The molecule has 0 aromatic carbocycles. The molecular weight excluding hydrogens is 204 g/mol. The quantitative estimate of drug-likeness (QED) is 0.589. The number of nitrogens with one attached hydrogen (secondary N) is 1. The fourth-order valence-corrected chi connectivity index (χ4v) is 1.67. The van der Waals surface area contributed by atoms with Crippen molar-refractivity contribution in [3.8, 4) is 0 Å². The first-order valence-corrected chi connectivity index (χ1v) is 5.94. The zero-order chi connectivity index (χ0) is 12.6. The molecule has 4 heteroatoms. The van der Waals surface area contributed by atoms with Gasteiger partial charge in [-0.2, -0.15) is 0 Å². The second-order valence-corrected chi connectivity index (χ2v) is 4.95. The average molecular weight is 230 g/mol. The molecule has 3 N–H and O–H groups in total. The fourth-order valence-electron chi connectivity index (χ4n) is 1.67. The number of amides is 1. The van der Waals surface area contributed by atoms with Gasteiger partial charge < -0.3 is 15.8 Å². The standard InChI is InChI=1S/C12H26N2O2/c1-10(9-12(2,3)16-4)14-8-6-5-7-11(13)15/h10,14H,5-9H2,1-4H3,(H2,13,15). The molecule has 0 bridgehead atoms. The van der Waals surface area contributed by atoms with Crippen molar-refractivity contribution in [2.45, 2.75) is 58.1 Å². The lowest BCUT2D eigenvalue weighted by Crippen LogP contribution is -2.36. The number of hydrogen-bond donors (Lipinski definition) is 2. The van der Waals surface area contributed by atoms with Gasteiger partial charge in [-0.25, -0.2) is 0 Å². The van der Waals surface area contributed by atoms with E-state index in [1.165, 1.54) is 0 Å². The summed E-state index contributed by atoms with van der Waals surface area (Å²) < 4.78 is 5.37. The summed E-state index contributed by atoms with van der Waals surface area (Å²) in [5.74, 6) is -0.214. The van der Waals surface area contributed by atoms with Crippen LogP contribution in [0.2, 0.25) is 0 Å². The van der Waals surface area contributed by atoms with E-state index in [9.17, 15) is 4.79 Å². The monoisotopic (exact) mass is 230 g/mol. The van der Waals surface area contributed by atoms with Crippen molar-refractivity contribution < 1.29 is 9.53 Å². The molecule has 4 nitrogen and oxygen atoms in total. The maximum atomic E-state index is 10.5. The Morgan fingerprint density at radius 2 is 2.06 bits per heavy atom. The molecule has 0 radical (unpaired) electrons. The summed E-state index contributed by atoms with van der Waals surface area (Å²) in [6.45, 7) is 7.24. The smallest absolute Gasteiger partial charge is 0.217 e. The molecule has 1 atom stereocenters. The third kappa shape index (κ3) is 8.68. The molecule has 0 fully saturated rings. The Morgan fingerprint density at radius 1 is 1.44 bits per heavy atom. The van der Waals surface area contributed by atoms with E-state index in [1.54, 1.807) is 7.11 Å². The van der Waals surface area contributed by atoms with Gasteiger partial charge in [-0.05, 0) is 46.6 Å². The van der Waals surface area contributed by atoms with Crippen molar-refractivity contribution in [3.63, 3.8) is 0 Å². The third-order valence-corrected chi connectivity index (χ3v) is 2.69. The Bertz CT molecular complexity index is 205. The van der Waals surface area contributed by atoms with Crippen LogP contribution in [-0.2, 0) is 9.53 Å². The van der Waals surface area contributed by atoms with Gasteiger partial charge in [-0.15, -0.1) is 0 Å². The Labute approximate surface area is 98.9 Å². The van der Waals surface area contributed by atoms with E-state index < -0.39 is 0 Å². The van der Waals surface area contributed by atoms with E-state index in [-0.39, 0.29) is 11.5 Å². The van der Waals surface area contributed by atoms with E-state index >= 15 is 0 Å². The maximum Gasteiger partial charge on any atom is 0.217 e. The van der Waals surface area contributed by atoms with Gasteiger partial charge in [0.1, 0.15) is 0 Å². The van der Waals surface area contributed by atoms with Crippen LogP contribution in [0.3, 0.4) is 0 Å². The van der Waals surface area contributed by atoms with Gasteiger partial charge >= 0.3 is 0 Å². The molecule has 96 valence electrons. The van der Waals surface area contributed by atoms with Gasteiger partial charge in [0.15, 0.2) is 0 Å². The van der Waals surface area contributed by atoms with Gasteiger partial charge in [-0.3, -0.25) is 4.79 Å². The summed E-state index contributed by atoms with van der Waals surface area (Å²) in [5.41, 5.74) is 4.98. The van der Waals surface area contributed by atoms with Crippen LogP contribution >= 0.6 is 0 Å². The predicted molar refractivity (Wildman–Crippen MR) is 66.2 cm³/mol. The van der Waals surface area contributed by atoms with Gasteiger partial charge in [0, 0.05) is 19.6 Å². The molecule has 1 unspecified atom stereocenters. The van der Waals surface area contributed by atoms with E-state index in [0.717, 1.165) is 25.8 Å². The molecular formula is C12H26N2O2. The number of ether oxygens (including phenoxy) is 1. The highest BCUT2D eigenvalue weighted by molar-refractivity contribution is 5.73. The average Bonchev–Trinajstić information content (AvgIpc) is 2.16. The Kier molecular flexibility index (Phi) is 7.34. The lowest BCUT2D eigenvalue weighted by atomic mass is 10.00. The molecule has 0 rings (SSSR count). The van der Waals surface area contributed by atoms with Crippen molar-refractivity contribution in [1.82, 2.24) is 5.32 Å². The third-order valence-electron chi connectivity index (χ3n) is 2.69. The highest BCUT2D eigenvalue weighted by Gasteiger charge is 2.19. The predicted octanol–water partition coefficient (Wildman–Crippen LogP) is 1.44. The van der Waals surface area contributed by atoms with Crippen LogP contribution in [0.5, 0.6) is 0 Å². The fraction of sp³-hybridized carbons (Fsp3) is 0.917. The largest absolute Gasteiger partial charge is 0.379 e. The first-order valence-electron chi connectivity index (χ1n) is 5.94. The summed E-state index contributed by atoms with van der Waals surface area (Å²) >= 11 is 0. The second-order valence-electron chi connectivity index (χ2n) is 4.95. The maximum absolute atomic E-state index is 10.5. The molecule has 0 spiro atoms. The van der Waals surface area contributed by atoms with Crippen molar-refractivity contribution >= 4 is 5.91 Å². The van der Waals surface area contributed by atoms with Gasteiger partial charge in [-0.1, -0.05) is 0 Å². The normalized spacial score (nSPS) is 13.8. The number of rotatable bonds is 9. The van der Waals surface area contributed by atoms with Crippen LogP contribution in [0.4, 0.5) is 0 Å². The van der Waals surface area contributed by atoms with Crippen LogP contribution < -0.4 is 11.1 Å². The number of unbranched alkanes of at least 4 members (excludes halogenated alkanes) is 1. The molecule has 0 heterocycles. The minimum absolute atomic E-state index is 0.0837. The number of carbonyl (C=O) groups is 1. The number of hydrogen-bond acceptors (Lipinski definition) is 3. The number of methoxy groups -OCH3 is 1. The highest BCUT2D eigenvalue weighted by Crippen LogP contribution is 2.15. The molecule has 0 saturated heterocycles. The zero-order valence-electron chi connectivity index (χ0n) is 11.0. The van der Waals surface area contributed by atoms with Crippen molar-refractivity contribution in [2.24, 2.45) is 5.73 Å². The zero-order valence-corrected chi connectivity index (χ0v) is 11.0. The minimum Gasteiger partial charge on any atom is -0.379 e. The summed E-state index contributed by atoms with van der Waals surface area (Å²) in [6.07, 6.45) is 3.31. The molecule has 0 aliphatic rings. The number of primary amides is 1.